The van der Waals surface area contributed by atoms with E-state index in [1.807, 2.05) is 18.7 Å². The van der Waals surface area contributed by atoms with E-state index in [9.17, 15) is 9.59 Å². The molecule has 1 aliphatic heterocycles. The van der Waals surface area contributed by atoms with Crippen LogP contribution in [0.15, 0.2) is 0 Å². The van der Waals surface area contributed by atoms with Crippen LogP contribution in [0.4, 0.5) is 0 Å². The first-order valence-electron chi connectivity index (χ1n) is 7.24. The Labute approximate surface area is 128 Å². The van der Waals surface area contributed by atoms with Gasteiger partial charge in [0.25, 0.3) is 0 Å². The molecule has 0 aliphatic carbocycles. The second-order valence-corrected chi connectivity index (χ2v) is 5.64. The molecule has 5 nitrogen and oxygen atoms in total. The first-order chi connectivity index (χ1) is 8.95. The number of halogens is 1. The number of rotatable bonds is 5. The molecule has 20 heavy (non-hydrogen) atoms. The fourth-order valence-corrected chi connectivity index (χ4v) is 2.43. The van der Waals surface area contributed by atoms with Gasteiger partial charge in [-0.2, -0.15) is 0 Å². The van der Waals surface area contributed by atoms with Crippen LogP contribution in [0.25, 0.3) is 0 Å². The van der Waals surface area contributed by atoms with Crippen LogP contribution >= 0.6 is 12.4 Å². The average molecular weight is 306 g/mol. The third kappa shape index (κ3) is 5.67. The zero-order chi connectivity index (χ0) is 14.4. The molecule has 0 saturated carbocycles. The maximum absolute atomic E-state index is 12.3. The van der Waals surface area contributed by atoms with Crippen molar-refractivity contribution >= 4 is 24.2 Å². The molecule has 0 aromatic rings. The zero-order valence-corrected chi connectivity index (χ0v) is 13.5. The average Bonchev–Trinajstić information content (AvgIpc) is 2.42. The van der Waals surface area contributed by atoms with Crippen LogP contribution in [-0.4, -0.2) is 42.4 Å². The highest BCUT2D eigenvalue weighted by Crippen LogP contribution is 2.18. The highest BCUT2D eigenvalue weighted by atomic mass is 35.5. The zero-order valence-electron chi connectivity index (χ0n) is 12.7. The lowest BCUT2D eigenvalue weighted by Crippen LogP contribution is -2.51. The van der Waals surface area contributed by atoms with Gasteiger partial charge in [-0.1, -0.05) is 20.3 Å². The number of likely N-dealkylation sites (tertiary alicyclic amines) is 1. The minimum absolute atomic E-state index is 0. The summed E-state index contributed by atoms with van der Waals surface area (Å²) in [5, 5.41) is 2.83. The van der Waals surface area contributed by atoms with Gasteiger partial charge in [-0.25, -0.2) is 0 Å². The molecule has 118 valence electrons. The van der Waals surface area contributed by atoms with Crippen LogP contribution in [0.3, 0.4) is 0 Å². The minimum Gasteiger partial charge on any atom is -0.356 e. The van der Waals surface area contributed by atoms with Gasteiger partial charge in [0.15, 0.2) is 0 Å². The van der Waals surface area contributed by atoms with E-state index in [1.54, 1.807) is 0 Å². The van der Waals surface area contributed by atoms with Crippen LogP contribution in [-0.2, 0) is 9.59 Å². The number of hydrogen-bond acceptors (Lipinski definition) is 3. The summed E-state index contributed by atoms with van der Waals surface area (Å²) >= 11 is 0. The van der Waals surface area contributed by atoms with E-state index in [0.29, 0.717) is 19.0 Å². The van der Waals surface area contributed by atoms with E-state index < -0.39 is 6.04 Å². The van der Waals surface area contributed by atoms with Gasteiger partial charge in [0, 0.05) is 26.6 Å². The molecule has 0 aromatic heterocycles. The predicted octanol–water partition coefficient (Wildman–Crippen LogP) is 1.16. The standard InChI is InChI=1S/C14H27N3O2.ClH/c1-4-10(2)13(15)14(19)17-7-5-6-12(9-17)8-16-11(3)18;/h10,12-13H,4-9,15H2,1-3H3,(H,16,18);1H. The number of piperidine rings is 1. The van der Waals surface area contributed by atoms with E-state index in [-0.39, 0.29) is 30.1 Å². The van der Waals surface area contributed by atoms with Gasteiger partial charge >= 0.3 is 0 Å². The third-order valence-electron chi connectivity index (χ3n) is 4.01. The van der Waals surface area contributed by atoms with Crippen molar-refractivity contribution in [3.05, 3.63) is 0 Å². The van der Waals surface area contributed by atoms with Crippen molar-refractivity contribution in [1.82, 2.24) is 10.2 Å². The number of nitrogens with one attached hydrogen (secondary N) is 1. The summed E-state index contributed by atoms with van der Waals surface area (Å²) in [6.07, 6.45) is 2.96. The van der Waals surface area contributed by atoms with E-state index in [4.69, 9.17) is 5.73 Å². The van der Waals surface area contributed by atoms with E-state index in [1.165, 1.54) is 6.92 Å². The number of nitrogens with zero attached hydrogens (tertiary/aromatic N) is 1. The van der Waals surface area contributed by atoms with Crippen molar-refractivity contribution in [3.8, 4) is 0 Å². The second-order valence-electron chi connectivity index (χ2n) is 5.64. The highest BCUT2D eigenvalue weighted by molar-refractivity contribution is 5.85. The molecule has 1 saturated heterocycles. The fourth-order valence-electron chi connectivity index (χ4n) is 2.43. The van der Waals surface area contributed by atoms with Gasteiger partial charge in [0.1, 0.15) is 0 Å². The summed E-state index contributed by atoms with van der Waals surface area (Å²) in [6, 6.07) is -0.399. The molecule has 0 bridgehead atoms. The Morgan fingerprint density at radius 3 is 2.65 bits per heavy atom. The maximum Gasteiger partial charge on any atom is 0.239 e. The summed E-state index contributed by atoms with van der Waals surface area (Å²) < 4.78 is 0. The Bertz CT molecular complexity index is 326. The van der Waals surface area contributed by atoms with E-state index in [2.05, 4.69) is 5.32 Å². The highest BCUT2D eigenvalue weighted by Gasteiger charge is 2.29. The topological polar surface area (TPSA) is 75.4 Å². The summed E-state index contributed by atoms with van der Waals surface area (Å²) in [4.78, 5) is 25.1. The molecule has 3 atom stereocenters. The van der Waals surface area contributed by atoms with Crippen LogP contribution in [0.1, 0.15) is 40.0 Å². The summed E-state index contributed by atoms with van der Waals surface area (Å²) in [6.45, 7) is 7.74. The van der Waals surface area contributed by atoms with Crippen LogP contribution in [0, 0.1) is 11.8 Å². The summed E-state index contributed by atoms with van der Waals surface area (Å²) in [5.41, 5.74) is 6.01. The van der Waals surface area contributed by atoms with Crippen LogP contribution in [0.5, 0.6) is 0 Å². The number of nitrogens with two attached hydrogens (primary N) is 1. The van der Waals surface area contributed by atoms with Gasteiger partial charge < -0.3 is 16.0 Å². The molecule has 3 unspecified atom stereocenters. The largest absolute Gasteiger partial charge is 0.356 e. The molecule has 1 fully saturated rings. The Morgan fingerprint density at radius 1 is 1.45 bits per heavy atom. The van der Waals surface area contributed by atoms with Crippen molar-refractivity contribution < 1.29 is 9.59 Å². The normalized spacial score (nSPS) is 21.6. The SMILES string of the molecule is CCC(C)C(N)C(=O)N1CCCC(CNC(C)=O)C1.Cl. The van der Waals surface area contributed by atoms with Crippen molar-refractivity contribution in [1.29, 1.82) is 0 Å². The van der Waals surface area contributed by atoms with Crippen molar-refractivity contribution in [2.24, 2.45) is 17.6 Å². The quantitative estimate of drug-likeness (QED) is 0.800. The molecular formula is C14H28ClN3O2. The first kappa shape index (κ1) is 19.2. The van der Waals surface area contributed by atoms with Crippen molar-refractivity contribution in [2.45, 2.75) is 46.1 Å². The van der Waals surface area contributed by atoms with E-state index >= 15 is 0 Å². The van der Waals surface area contributed by atoms with Gasteiger partial charge in [-0.3, -0.25) is 9.59 Å². The molecule has 1 rings (SSSR count). The molecule has 0 radical (unpaired) electrons. The van der Waals surface area contributed by atoms with Gasteiger partial charge in [-0.05, 0) is 24.7 Å². The lowest BCUT2D eigenvalue weighted by molar-refractivity contribution is -0.135. The van der Waals surface area contributed by atoms with Gasteiger partial charge in [0.2, 0.25) is 11.8 Å². The van der Waals surface area contributed by atoms with E-state index in [0.717, 1.165) is 25.8 Å². The lowest BCUT2D eigenvalue weighted by Gasteiger charge is -2.35. The molecule has 0 aromatic carbocycles. The minimum atomic E-state index is -0.399. The third-order valence-corrected chi connectivity index (χ3v) is 4.01. The number of amides is 2. The smallest absolute Gasteiger partial charge is 0.239 e. The Balaban J connectivity index is 0.00000361. The second kappa shape index (κ2) is 9.19. The number of hydrogen-bond donors (Lipinski definition) is 2. The van der Waals surface area contributed by atoms with Gasteiger partial charge in [0.05, 0.1) is 6.04 Å². The molecule has 1 heterocycles. The summed E-state index contributed by atoms with van der Waals surface area (Å²) in [5.74, 6) is 0.607. The van der Waals surface area contributed by atoms with Crippen LogP contribution in [0.2, 0.25) is 0 Å². The molecule has 1 aliphatic rings. The number of carbonyl (C=O) groups is 2. The monoisotopic (exact) mass is 305 g/mol. The van der Waals surface area contributed by atoms with Crippen molar-refractivity contribution in [3.63, 3.8) is 0 Å². The molecule has 6 heteroatoms. The Hall–Kier alpha value is -0.810. The fraction of sp³-hybridized carbons (Fsp3) is 0.857. The molecule has 0 spiro atoms. The lowest BCUT2D eigenvalue weighted by atomic mass is 9.94. The molecule has 3 N–H and O–H groups in total. The molecule has 2 amide bonds. The van der Waals surface area contributed by atoms with Crippen LogP contribution < -0.4 is 11.1 Å². The Kier molecular flexibility index (Phi) is 8.81. The van der Waals surface area contributed by atoms with Crippen molar-refractivity contribution in [2.75, 3.05) is 19.6 Å². The summed E-state index contributed by atoms with van der Waals surface area (Å²) in [7, 11) is 0. The Morgan fingerprint density at radius 2 is 2.10 bits per heavy atom. The predicted molar refractivity (Wildman–Crippen MR) is 82.7 cm³/mol. The number of carbonyl (C=O) groups excluding carboxylic acids is 2. The first-order valence-corrected chi connectivity index (χ1v) is 7.24. The molecular weight excluding hydrogens is 278 g/mol. The van der Waals surface area contributed by atoms with Gasteiger partial charge in [-0.15, -0.1) is 12.4 Å². The maximum atomic E-state index is 12.3.